The van der Waals surface area contributed by atoms with Crippen molar-refractivity contribution < 1.29 is 9.53 Å². The van der Waals surface area contributed by atoms with Crippen molar-refractivity contribution in [3.8, 4) is 11.4 Å². The van der Waals surface area contributed by atoms with E-state index < -0.39 is 0 Å². The van der Waals surface area contributed by atoms with E-state index in [4.69, 9.17) is 16.3 Å². The maximum atomic E-state index is 13.8. The first-order valence-corrected chi connectivity index (χ1v) is 13.1. The number of aromatic nitrogens is 2. The summed E-state index contributed by atoms with van der Waals surface area (Å²) in [6, 6.07) is 13.7. The highest BCUT2D eigenvalue weighted by atomic mass is 35.5. The lowest BCUT2D eigenvalue weighted by molar-refractivity contribution is 0.0951. The Labute approximate surface area is 216 Å². The molecule has 1 aliphatic carbocycles. The van der Waals surface area contributed by atoms with Crippen LogP contribution in [0.4, 0.5) is 5.82 Å². The fourth-order valence-electron chi connectivity index (χ4n) is 4.76. The largest absolute Gasteiger partial charge is 0.493 e. The minimum Gasteiger partial charge on any atom is -0.493 e. The molecule has 1 atom stereocenters. The van der Waals surface area contributed by atoms with Crippen LogP contribution in [0, 0.1) is 6.92 Å². The standard InChI is InChI=1S/C28H31ClN4O3/c1-19-9-10-20(27(34)31-21-11-12-21)18-24(19)33-16-14-30-26(28(33)35)32-15-4-7-23(32)22-6-2-3-8-25(22)36-17-5-13-29/h2-3,6,8-10,14,16,18,21,23H,4-5,7,11-13,15,17H2,1H3,(H,31,34). The highest BCUT2D eigenvalue weighted by Gasteiger charge is 2.31. The van der Waals surface area contributed by atoms with Crippen molar-refractivity contribution in [2.75, 3.05) is 23.9 Å². The first-order valence-electron chi connectivity index (χ1n) is 12.6. The number of para-hydroxylation sites is 1. The summed E-state index contributed by atoms with van der Waals surface area (Å²) in [6.45, 7) is 3.22. The molecule has 188 valence electrons. The average Bonchev–Trinajstić information content (AvgIpc) is 3.57. The Morgan fingerprint density at radius 2 is 2.03 bits per heavy atom. The minimum absolute atomic E-state index is 0.00926. The average molecular weight is 507 g/mol. The van der Waals surface area contributed by atoms with Crippen LogP contribution in [0.15, 0.2) is 59.7 Å². The van der Waals surface area contributed by atoms with E-state index >= 15 is 0 Å². The quantitative estimate of drug-likeness (QED) is 0.334. The van der Waals surface area contributed by atoms with Gasteiger partial charge in [-0.1, -0.05) is 24.3 Å². The Balaban J connectivity index is 1.47. The van der Waals surface area contributed by atoms with Crippen molar-refractivity contribution in [1.29, 1.82) is 0 Å². The van der Waals surface area contributed by atoms with Gasteiger partial charge in [0.1, 0.15) is 5.75 Å². The van der Waals surface area contributed by atoms with E-state index in [0.29, 0.717) is 29.6 Å². The van der Waals surface area contributed by atoms with Crippen LogP contribution in [0.25, 0.3) is 5.69 Å². The topological polar surface area (TPSA) is 76.5 Å². The molecule has 1 amide bonds. The fourth-order valence-corrected chi connectivity index (χ4v) is 4.87. The Hall–Kier alpha value is -3.32. The van der Waals surface area contributed by atoms with Crippen molar-refractivity contribution >= 4 is 23.3 Å². The highest BCUT2D eigenvalue weighted by molar-refractivity contribution is 6.17. The number of ether oxygens (including phenoxy) is 1. The third-order valence-corrected chi connectivity index (χ3v) is 7.07. The Bertz CT molecular complexity index is 1300. The summed E-state index contributed by atoms with van der Waals surface area (Å²) in [7, 11) is 0. The van der Waals surface area contributed by atoms with Crippen molar-refractivity contribution in [3.63, 3.8) is 0 Å². The molecule has 2 fully saturated rings. The number of nitrogens with zero attached hydrogens (tertiary/aromatic N) is 3. The van der Waals surface area contributed by atoms with Crippen LogP contribution in [0.2, 0.25) is 0 Å². The van der Waals surface area contributed by atoms with Crippen LogP contribution in [0.3, 0.4) is 0 Å². The fraction of sp³-hybridized carbons (Fsp3) is 0.393. The second-order valence-corrected chi connectivity index (χ2v) is 9.83. The van der Waals surface area contributed by atoms with E-state index in [9.17, 15) is 9.59 Å². The molecule has 8 heteroatoms. The number of benzene rings is 2. The predicted molar refractivity (Wildman–Crippen MR) is 142 cm³/mol. The molecule has 0 bridgehead atoms. The molecule has 0 radical (unpaired) electrons. The molecule has 0 spiro atoms. The van der Waals surface area contributed by atoms with Gasteiger partial charge in [0.15, 0.2) is 5.82 Å². The summed E-state index contributed by atoms with van der Waals surface area (Å²) in [6.07, 6.45) is 8.00. The molecule has 1 aliphatic heterocycles. The number of anilines is 1. The second kappa shape index (κ2) is 10.7. The lowest BCUT2D eigenvalue weighted by atomic mass is 10.0. The summed E-state index contributed by atoms with van der Waals surface area (Å²) in [4.78, 5) is 33.0. The number of halogens is 1. The van der Waals surface area contributed by atoms with Gasteiger partial charge in [0.25, 0.3) is 11.5 Å². The van der Waals surface area contributed by atoms with Gasteiger partial charge in [-0.05, 0) is 62.8 Å². The number of carbonyl (C=O) groups excluding carboxylic acids is 1. The molecule has 3 aromatic rings. The van der Waals surface area contributed by atoms with E-state index in [1.165, 1.54) is 0 Å². The van der Waals surface area contributed by atoms with E-state index in [0.717, 1.165) is 55.5 Å². The molecule has 1 N–H and O–H groups in total. The molecule has 1 unspecified atom stereocenters. The monoisotopic (exact) mass is 506 g/mol. The maximum Gasteiger partial charge on any atom is 0.298 e. The number of aryl methyl sites for hydroxylation is 1. The number of nitrogens with one attached hydrogen (secondary N) is 1. The van der Waals surface area contributed by atoms with Gasteiger partial charge in [0, 0.05) is 42.0 Å². The van der Waals surface area contributed by atoms with E-state index in [1.807, 2.05) is 31.2 Å². The lowest BCUT2D eigenvalue weighted by Crippen LogP contribution is -2.33. The Kier molecular flexibility index (Phi) is 7.28. The zero-order valence-corrected chi connectivity index (χ0v) is 21.2. The van der Waals surface area contributed by atoms with Crippen LogP contribution in [0.5, 0.6) is 5.75 Å². The number of carbonyl (C=O) groups is 1. The van der Waals surface area contributed by atoms with Crippen molar-refractivity contribution in [2.45, 2.75) is 51.1 Å². The van der Waals surface area contributed by atoms with Gasteiger partial charge >= 0.3 is 0 Å². The minimum atomic E-state index is -0.201. The molecular weight excluding hydrogens is 476 g/mol. The molecule has 2 aromatic carbocycles. The third-order valence-electron chi connectivity index (χ3n) is 6.80. The smallest absolute Gasteiger partial charge is 0.298 e. The van der Waals surface area contributed by atoms with Gasteiger partial charge < -0.3 is 15.0 Å². The van der Waals surface area contributed by atoms with Crippen LogP contribution in [-0.2, 0) is 0 Å². The van der Waals surface area contributed by atoms with Gasteiger partial charge in [-0.25, -0.2) is 4.98 Å². The second-order valence-electron chi connectivity index (χ2n) is 9.46. The zero-order chi connectivity index (χ0) is 25.1. The number of amides is 1. The number of hydrogen-bond donors (Lipinski definition) is 1. The summed E-state index contributed by atoms with van der Waals surface area (Å²) in [5.41, 5.74) is 3.00. The molecule has 1 saturated heterocycles. The SMILES string of the molecule is Cc1ccc(C(=O)NC2CC2)cc1-n1ccnc(N2CCCC2c2ccccc2OCCCCl)c1=O. The van der Waals surface area contributed by atoms with Crippen molar-refractivity contribution in [3.05, 3.63) is 81.9 Å². The zero-order valence-electron chi connectivity index (χ0n) is 20.5. The summed E-state index contributed by atoms with van der Waals surface area (Å²) in [5.74, 6) is 1.67. The molecule has 2 heterocycles. The summed E-state index contributed by atoms with van der Waals surface area (Å²) in [5, 5.41) is 3.02. The van der Waals surface area contributed by atoms with Crippen LogP contribution in [-0.4, -0.2) is 40.5 Å². The van der Waals surface area contributed by atoms with Gasteiger partial charge in [-0.2, -0.15) is 0 Å². The van der Waals surface area contributed by atoms with Crippen LogP contribution < -0.4 is 20.5 Å². The molecule has 2 aliphatic rings. The van der Waals surface area contributed by atoms with Gasteiger partial charge in [-0.15, -0.1) is 11.6 Å². The molecule has 7 nitrogen and oxygen atoms in total. The Morgan fingerprint density at radius 3 is 2.83 bits per heavy atom. The third kappa shape index (κ3) is 5.12. The first-order chi connectivity index (χ1) is 17.6. The molecule has 1 saturated carbocycles. The normalized spacial score (nSPS) is 17.3. The van der Waals surface area contributed by atoms with Gasteiger partial charge in [0.2, 0.25) is 0 Å². The van der Waals surface area contributed by atoms with Crippen molar-refractivity contribution in [2.24, 2.45) is 0 Å². The lowest BCUT2D eigenvalue weighted by Gasteiger charge is -2.27. The van der Waals surface area contributed by atoms with E-state index in [1.54, 1.807) is 29.1 Å². The molecular formula is C28H31ClN4O3. The molecule has 36 heavy (non-hydrogen) atoms. The number of hydrogen-bond acceptors (Lipinski definition) is 5. The predicted octanol–water partition coefficient (Wildman–Crippen LogP) is 4.78. The number of rotatable bonds is 9. The highest BCUT2D eigenvalue weighted by Crippen LogP contribution is 2.38. The van der Waals surface area contributed by atoms with Gasteiger partial charge in [0.05, 0.1) is 18.3 Å². The first kappa shape index (κ1) is 24.4. The van der Waals surface area contributed by atoms with Gasteiger partial charge in [-0.3, -0.25) is 14.2 Å². The van der Waals surface area contributed by atoms with Crippen molar-refractivity contribution in [1.82, 2.24) is 14.9 Å². The van der Waals surface area contributed by atoms with Crippen LogP contribution in [0.1, 0.15) is 59.6 Å². The maximum absolute atomic E-state index is 13.8. The Morgan fingerprint density at radius 1 is 1.19 bits per heavy atom. The van der Waals surface area contributed by atoms with E-state index in [-0.39, 0.29) is 23.6 Å². The molecule has 1 aromatic heterocycles. The number of alkyl halides is 1. The van der Waals surface area contributed by atoms with Crippen LogP contribution >= 0.6 is 11.6 Å². The van der Waals surface area contributed by atoms with E-state index in [2.05, 4.69) is 21.3 Å². The summed E-state index contributed by atoms with van der Waals surface area (Å²) < 4.78 is 7.63. The molecule has 5 rings (SSSR count). The summed E-state index contributed by atoms with van der Waals surface area (Å²) >= 11 is 5.83.